The van der Waals surface area contributed by atoms with Gasteiger partial charge in [-0.2, -0.15) is 0 Å². The minimum absolute atomic E-state index is 0.0397. The largest absolute Gasteiger partial charge is 0.375 e. The van der Waals surface area contributed by atoms with E-state index in [0.29, 0.717) is 0 Å². The van der Waals surface area contributed by atoms with Gasteiger partial charge >= 0.3 is 0 Å². The lowest BCUT2D eigenvalue weighted by molar-refractivity contribution is 0.0959. The number of hydrogen-bond donors (Lipinski definition) is 1. The number of ether oxygens (including phenoxy) is 1. The molecular formula is C13H20ClNO. The Morgan fingerprint density at radius 3 is 2.56 bits per heavy atom. The fourth-order valence-electron chi connectivity index (χ4n) is 1.44. The van der Waals surface area contributed by atoms with Gasteiger partial charge in [-0.25, -0.2) is 0 Å². The molecule has 1 N–H and O–H groups in total. The van der Waals surface area contributed by atoms with E-state index < -0.39 is 0 Å². The third kappa shape index (κ3) is 4.52. The predicted molar refractivity (Wildman–Crippen MR) is 69.0 cm³/mol. The van der Waals surface area contributed by atoms with Gasteiger partial charge in [0.1, 0.15) is 0 Å². The molecule has 0 radical (unpaired) electrons. The molecule has 0 bridgehead atoms. The predicted octanol–water partition coefficient (Wildman–Crippen LogP) is 3.42. The summed E-state index contributed by atoms with van der Waals surface area (Å²) in [6.07, 6.45) is 0.0397. The van der Waals surface area contributed by atoms with Gasteiger partial charge in [-0.05, 0) is 38.5 Å². The van der Waals surface area contributed by atoms with Crippen LogP contribution in [-0.2, 0) is 4.74 Å². The highest BCUT2D eigenvalue weighted by atomic mass is 35.5. The molecule has 3 heteroatoms. The van der Waals surface area contributed by atoms with Gasteiger partial charge in [-0.1, -0.05) is 23.7 Å². The van der Waals surface area contributed by atoms with Crippen LogP contribution in [0.4, 0.5) is 0 Å². The maximum absolute atomic E-state index is 5.96. The third-order valence-corrected chi connectivity index (χ3v) is 2.56. The Bertz CT molecular complexity index is 333. The lowest BCUT2D eigenvalue weighted by Gasteiger charge is -2.25. The molecule has 1 aromatic rings. The van der Waals surface area contributed by atoms with Crippen LogP contribution in [0.1, 0.15) is 32.4 Å². The molecule has 0 aromatic heterocycles. The first kappa shape index (κ1) is 13.5. The molecule has 2 nitrogen and oxygen atoms in total. The van der Waals surface area contributed by atoms with Crippen molar-refractivity contribution in [3.63, 3.8) is 0 Å². The van der Waals surface area contributed by atoms with Crippen LogP contribution in [0.2, 0.25) is 5.02 Å². The molecule has 0 saturated heterocycles. The van der Waals surface area contributed by atoms with Crippen LogP contribution in [0, 0.1) is 0 Å². The summed E-state index contributed by atoms with van der Waals surface area (Å²) in [7, 11) is 1.72. The van der Waals surface area contributed by atoms with Crippen LogP contribution >= 0.6 is 11.6 Å². The second kappa shape index (κ2) is 5.67. The van der Waals surface area contributed by atoms with E-state index >= 15 is 0 Å². The average molecular weight is 242 g/mol. The fraction of sp³-hybridized carbons (Fsp3) is 0.538. The first-order chi connectivity index (χ1) is 7.42. The van der Waals surface area contributed by atoms with Crippen LogP contribution < -0.4 is 5.32 Å². The molecule has 1 rings (SSSR count). The van der Waals surface area contributed by atoms with Crippen molar-refractivity contribution in [2.24, 2.45) is 0 Å². The van der Waals surface area contributed by atoms with E-state index in [1.807, 2.05) is 24.3 Å². The summed E-state index contributed by atoms with van der Waals surface area (Å²) in [4.78, 5) is 0. The summed E-state index contributed by atoms with van der Waals surface area (Å²) in [5.74, 6) is 0. The molecule has 0 amide bonds. The molecule has 16 heavy (non-hydrogen) atoms. The molecule has 90 valence electrons. The van der Waals surface area contributed by atoms with Crippen LogP contribution in [0.25, 0.3) is 0 Å². The van der Waals surface area contributed by atoms with Gasteiger partial charge in [0.05, 0.1) is 6.10 Å². The van der Waals surface area contributed by atoms with Crippen molar-refractivity contribution >= 4 is 11.6 Å². The first-order valence-corrected chi connectivity index (χ1v) is 5.83. The Morgan fingerprint density at radius 2 is 2.06 bits per heavy atom. The van der Waals surface area contributed by atoms with Gasteiger partial charge in [0.2, 0.25) is 0 Å². The fourth-order valence-corrected chi connectivity index (χ4v) is 1.64. The first-order valence-electron chi connectivity index (χ1n) is 5.45. The van der Waals surface area contributed by atoms with E-state index in [-0.39, 0.29) is 11.6 Å². The summed E-state index contributed by atoms with van der Waals surface area (Å²) in [6, 6.07) is 7.79. The Labute approximate surface area is 103 Å². The summed E-state index contributed by atoms with van der Waals surface area (Å²) in [5.41, 5.74) is 1.20. The molecule has 1 unspecified atom stereocenters. The number of benzene rings is 1. The molecular weight excluding hydrogens is 222 g/mol. The van der Waals surface area contributed by atoms with Gasteiger partial charge in [0.25, 0.3) is 0 Å². The van der Waals surface area contributed by atoms with Crippen molar-refractivity contribution in [1.82, 2.24) is 5.32 Å². The highest BCUT2D eigenvalue weighted by Gasteiger charge is 2.15. The molecule has 0 aliphatic carbocycles. The van der Waals surface area contributed by atoms with Gasteiger partial charge in [0, 0.05) is 24.2 Å². The summed E-state index contributed by atoms with van der Waals surface area (Å²) < 4.78 is 5.47. The number of halogens is 1. The summed E-state index contributed by atoms with van der Waals surface area (Å²) >= 11 is 5.96. The normalized spacial score (nSPS) is 13.8. The molecule has 1 aromatic carbocycles. The second-order valence-electron chi connectivity index (χ2n) is 4.91. The Balaban J connectivity index is 2.68. The zero-order valence-electron chi connectivity index (χ0n) is 10.4. The van der Waals surface area contributed by atoms with Crippen LogP contribution in [0.3, 0.4) is 0 Å². The van der Waals surface area contributed by atoms with Crippen molar-refractivity contribution in [3.8, 4) is 0 Å². The van der Waals surface area contributed by atoms with Crippen molar-refractivity contribution in [2.75, 3.05) is 13.7 Å². The maximum atomic E-state index is 5.96. The number of hydrogen-bond acceptors (Lipinski definition) is 2. The monoisotopic (exact) mass is 241 g/mol. The molecule has 0 spiro atoms. The van der Waals surface area contributed by atoms with Crippen LogP contribution in [0.5, 0.6) is 0 Å². The van der Waals surface area contributed by atoms with Crippen molar-refractivity contribution in [1.29, 1.82) is 0 Å². The zero-order valence-corrected chi connectivity index (χ0v) is 11.1. The van der Waals surface area contributed by atoms with E-state index in [0.717, 1.165) is 17.1 Å². The second-order valence-corrected chi connectivity index (χ2v) is 5.35. The topological polar surface area (TPSA) is 21.3 Å². The third-order valence-electron chi connectivity index (χ3n) is 2.32. The van der Waals surface area contributed by atoms with Crippen LogP contribution in [-0.4, -0.2) is 19.2 Å². The quantitative estimate of drug-likeness (QED) is 0.872. The van der Waals surface area contributed by atoms with Gasteiger partial charge < -0.3 is 10.1 Å². The molecule has 0 aliphatic heterocycles. The minimum atomic E-state index is 0.0397. The Morgan fingerprint density at radius 1 is 1.38 bits per heavy atom. The van der Waals surface area contributed by atoms with E-state index in [1.165, 1.54) is 0 Å². The van der Waals surface area contributed by atoms with E-state index in [9.17, 15) is 0 Å². The lowest BCUT2D eigenvalue weighted by Crippen LogP contribution is -2.38. The molecule has 0 aliphatic rings. The van der Waals surface area contributed by atoms with Crippen molar-refractivity contribution < 1.29 is 4.74 Å². The maximum Gasteiger partial charge on any atom is 0.0946 e. The average Bonchev–Trinajstić information content (AvgIpc) is 2.17. The van der Waals surface area contributed by atoms with Crippen molar-refractivity contribution in [2.45, 2.75) is 32.4 Å². The number of nitrogens with one attached hydrogen (secondary N) is 1. The standard InChI is InChI=1S/C13H20ClNO/c1-13(2,3)15-9-12(16-4)10-6-5-7-11(14)8-10/h5-8,12,15H,9H2,1-4H3. The molecule has 0 fully saturated rings. The SMILES string of the molecule is COC(CNC(C)(C)C)c1cccc(Cl)c1. The molecule has 1 atom stereocenters. The van der Waals surface area contributed by atoms with Crippen molar-refractivity contribution in [3.05, 3.63) is 34.9 Å². The Hall–Kier alpha value is -0.570. The highest BCUT2D eigenvalue weighted by molar-refractivity contribution is 6.30. The van der Waals surface area contributed by atoms with Crippen LogP contribution in [0.15, 0.2) is 24.3 Å². The summed E-state index contributed by atoms with van der Waals surface area (Å²) in [6.45, 7) is 7.19. The molecule has 0 heterocycles. The van der Waals surface area contributed by atoms with Gasteiger partial charge in [0.15, 0.2) is 0 Å². The zero-order chi connectivity index (χ0) is 12.2. The van der Waals surface area contributed by atoms with E-state index in [4.69, 9.17) is 16.3 Å². The minimum Gasteiger partial charge on any atom is -0.375 e. The Kier molecular flexibility index (Phi) is 4.78. The smallest absolute Gasteiger partial charge is 0.0946 e. The lowest BCUT2D eigenvalue weighted by atomic mass is 10.1. The van der Waals surface area contributed by atoms with Gasteiger partial charge in [-0.3, -0.25) is 0 Å². The van der Waals surface area contributed by atoms with Gasteiger partial charge in [-0.15, -0.1) is 0 Å². The van der Waals surface area contributed by atoms with E-state index in [2.05, 4.69) is 26.1 Å². The highest BCUT2D eigenvalue weighted by Crippen LogP contribution is 2.20. The molecule has 0 saturated carbocycles. The number of methoxy groups -OCH3 is 1. The van der Waals surface area contributed by atoms with E-state index in [1.54, 1.807) is 7.11 Å². The number of rotatable bonds is 4. The summed E-state index contributed by atoms with van der Waals surface area (Å²) in [5, 5.41) is 4.17.